The number of benzene rings is 1. The van der Waals surface area contributed by atoms with Crippen LogP contribution in [0.5, 0.6) is 0 Å². The fourth-order valence-corrected chi connectivity index (χ4v) is 3.48. The molecule has 112 valence electrons. The topological polar surface area (TPSA) is 51.2 Å². The second-order valence-corrected chi connectivity index (χ2v) is 6.01. The van der Waals surface area contributed by atoms with Gasteiger partial charge in [-0.15, -0.1) is 0 Å². The first-order valence-electron chi connectivity index (χ1n) is 7.93. The number of nitrogens with two attached hydrogens (primary N) is 1. The van der Waals surface area contributed by atoms with Crippen molar-refractivity contribution >= 4 is 0 Å². The van der Waals surface area contributed by atoms with Gasteiger partial charge in [0.15, 0.2) is 0 Å². The molecule has 2 atom stereocenters. The summed E-state index contributed by atoms with van der Waals surface area (Å²) in [4.78, 5) is 0. The summed E-state index contributed by atoms with van der Waals surface area (Å²) in [5, 5.41) is 0. The lowest BCUT2D eigenvalue weighted by atomic mass is 9.79. The number of hydrazine groups is 1. The van der Waals surface area contributed by atoms with E-state index in [1.54, 1.807) is 6.26 Å². The van der Waals surface area contributed by atoms with Crippen molar-refractivity contribution in [3.8, 4) is 0 Å². The molecule has 0 radical (unpaired) electrons. The van der Waals surface area contributed by atoms with Gasteiger partial charge in [0.05, 0.1) is 6.26 Å². The minimum absolute atomic E-state index is 0.339. The van der Waals surface area contributed by atoms with Gasteiger partial charge in [-0.2, -0.15) is 0 Å². The highest BCUT2D eigenvalue weighted by molar-refractivity contribution is 5.32. The van der Waals surface area contributed by atoms with Crippen molar-refractivity contribution in [2.24, 2.45) is 5.84 Å². The Balaban J connectivity index is 1.62. The Kier molecular flexibility index (Phi) is 4.73. The van der Waals surface area contributed by atoms with Crippen LogP contribution in [0.25, 0.3) is 0 Å². The van der Waals surface area contributed by atoms with E-state index in [9.17, 15) is 0 Å². The van der Waals surface area contributed by atoms with E-state index < -0.39 is 0 Å². The van der Waals surface area contributed by atoms with E-state index in [0.29, 0.717) is 12.0 Å². The largest absolute Gasteiger partial charge is 0.469 e. The zero-order valence-corrected chi connectivity index (χ0v) is 12.4. The second kappa shape index (κ2) is 6.92. The Morgan fingerprint density at radius 3 is 2.95 bits per heavy atom. The molecule has 1 aromatic carbocycles. The Labute approximate surface area is 126 Å². The van der Waals surface area contributed by atoms with Gasteiger partial charge in [0.25, 0.3) is 0 Å². The Morgan fingerprint density at radius 1 is 1.24 bits per heavy atom. The van der Waals surface area contributed by atoms with Crippen LogP contribution < -0.4 is 11.3 Å². The number of nitrogens with one attached hydrogen (secondary N) is 1. The zero-order valence-electron chi connectivity index (χ0n) is 12.4. The van der Waals surface area contributed by atoms with Crippen molar-refractivity contribution in [2.45, 2.75) is 50.5 Å². The molecule has 1 aromatic heterocycles. The normalized spacial score (nSPS) is 19.2. The summed E-state index contributed by atoms with van der Waals surface area (Å²) in [5.41, 5.74) is 6.05. The zero-order chi connectivity index (χ0) is 14.5. The molecular formula is C18H24N2O. The number of fused-ring (bicyclic) bond motifs is 1. The van der Waals surface area contributed by atoms with Crippen LogP contribution in [0.1, 0.15) is 48.5 Å². The summed E-state index contributed by atoms with van der Waals surface area (Å²) in [6, 6.07) is 13.2. The molecule has 1 heterocycles. The minimum atomic E-state index is 0.339. The molecule has 0 saturated heterocycles. The molecule has 0 bridgehead atoms. The van der Waals surface area contributed by atoms with Crippen LogP contribution in [0.2, 0.25) is 0 Å². The molecule has 3 N–H and O–H groups in total. The van der Waals surface area contributed by atoms with Crippen LogP contribution in [0.3, 0.4) is 0 Å². The smallest absolute Gasteiger partial charge is 0.103 e. The molecule has 1 aliphatic carbocycles. The van der Waals surface area contributed by atoms with Gasteiger partial charge in [-0.25, -0.2) is 0 Å². The van der Waals surface area contributed by atoms with Crippen LogP contribution >= 0.6 is 0 Å². The molecule has 1 aliphatic rings. The molecule has 0 aliphatic heterocycles. The molecule has 3 rings (SSSR count). The lowest BCUT2D eigenvalue weighted by Crippen LogP contribution is -2.37. The standard InChI is InChI=1S/C18H24N2O/c19-20-16(10-11-17-8-4-12-21-17)13-15-7-3-6-14-5-1-2-9-18(14)15/h1-2,4-5,8-9,12,15-16,20H,3,6-7,10-11,13,19H2. The van der Waals surface area contributed by atoms with Crippen molar-refractivity contribution in [3.05, 3.63) is 59.5 Å². The first kappa shape index (κ1) is 14.4. The third-order valence-electron chi connectivity index (χ3n) is 4.62. The van der Waals surface area contributed by atoms with E-state index in [1.165, 1.54) is 30.4 Å². The van der Waals surface area contributed by atoms with Crippen molar-refractivity contribution in [3.63, 3.8) is 0 Å². The van der Waals surface area contributed by atoms with E-state index in [-0.39, 0.29) is 0 Å². The number of aryl methyl sites for hydroxylation is 2. The first-order valence-corrected chi connectivity index (χ1v) is 7.93. The molecule has 3 nitrogen and oxygen atoms in total. The van der Waals surface area contributed by atoms with Crippen LogP contribution in [-0.4, -0.2) is 6.04 Å². The molecule has 0 fully saturated rings. The van der Waals surface area contributed by atoms with Crippen LogP contribution in [0.15, 0.2) is 47.1 Å². The highest BCUT2D eigenvalue weighted by Gasteiger charge is 2.22. The molecule has 0 spiro atoms. The van der Waals surface area contributed by atoms with Crippen molar-refractivity contribution in [2.75, 3.05) is 0 Å². The average molecular weight is 284 g/mol. The summed E-state index contributed by atoms with van der Waals surface area (Å²) in [5.74, 6) is 7.44. The fraction of sp³-hybridized carbons (Fsp3) is 0.444. The highest BCUT2D eigenvalue weighted by Crippen LogP contribution is 2.35. The third-order valence-corrected chi connectivity index (χ3v) is 4.62. The monoisotopic (exact) mass is 284 g/mol. The van der Waals surface area contributed by atoms with Crippen molar-refractivity contribution < 1.29 is 4.42 Å². The fourth-order valence-electron chi connectivity index (χ4n) is 3.48. The summed E-state index contributed by atoms with van der Waals surface area (Å²) >= 11 is 0. The number of hydrogen-bond donors (Lipinski definition) is 2. The molecule has 0 amide bonds. The van der Waals surface area contributed by atoms with E-state index in [1.807, 2.05) is 12.1 Å². The van der Waals surface area contributed by atoms with Crippen LogP contribution in [0.4, 0.5) is 0 Å². The number of furan rings is 1. The summed E-state index contributed by atoms with van der Waals surface area (Å²) in [6.45, 7) is 0. The van der Waals surface area contributed by atoms with Gasteiger partial charge >= 0.3 is 0 Å². The maximum Gasteiger partial charge on any atom is 0.103 e. The Bertz CT molecular complexity index is 550. The maximum atomic E-state index is 5.77. The SMILES string of the molecule is NNC(CCc1ccco1)CC1CCCc2ccccc21. The predicted octanol–water partition coefficient (Wildman–Crippen LogP) is 3.55. The van der Waals surface area contributed by atoms with Crippen LogP contribution in [-0.2, 0) is 12.8 Å². The molecular weight excluding hydrogens is 260 g/mol. The van der Waals surface area contributed by atoms with Crippen LogP contribution in [0, 0.1) is 0 Å². The average Bonchev–Trinajstić information content (AvgIpc) is 3.05. The number of rotatable bonds is 6. The minimum Gasteiger partial charge on any atom is -0.469 e. The first-order chi connectivity index (χ1) is 10.4. The molecule has 0 saturated carbocycles. The lowest BCUT2D eigenvalue weighted by molar-refractivity contribution is 0.386. The predicted molar refractivity (Wildman–Crippen MR) is 84.9 cm³/mol. The van der Waals surface area contributed by atoms with Gasteiger partial charge in [0.1, 0.15) is 5.76 Å². The van der Waals surface area contributed by atoms with E-state index in [4.69, 9.17) is 10.3 Å². The second-order valence-electron chi connectivity index (χ2n) is 6.01. The Hall–Kier alpha value is -1.58. The Morgan fingerprint density at radius 2 is 2.14 bits per heavy atom. The van der Waals surface area contributed by atoms with E-state index in [2.05, 4.69) is 29.7 Å². The summed E-state index contributed by atoms with van der Waals surface area (Å²) < 4.78 is 5.41. The van der Waals surface area contributed by atoms with Gasteiger partial charge in [-0.05, 0) is 61.3 Å². The van der Waals surface area contributed by atoms with Gasteiger partial charge in [-0.1, -0.05) is 24.3 Å². The quantitative estimate of drug-likeness (QED) is 0.630. The summed E-state index contributed by atoms with van der Waals surface area (Å²) in [7, 11) is 0. The molecule has 3 heteroatoms. The summed E-state index contributed by atoms with van der Waals surface area (Å²) in [6.07, 6.45) is 8.58. The molecule has 21 heavy (non-hydrogen) atoms. The van der Waals surface area contributed by atoms with Crippen molar-refractivity contribution in [1.82, 2.24) is 5.43 Å². The molecule has 2 aromatic rings. The van der Waals surface area contributed by atoms with E-state index >= 15 is 0 Å². The van der Waals surface area contributed by atoms with Gasteiger partial charge in [0, 0.05) is 12.5 Å². The highest BCUT2D eigenvalue weighted by atomic mass is 16.3. The lowest BCUT2D eigenvalue weighted by Gasteiger charge is -2.28. The van der Waals surface area contributed by atoms with Gasteiger partial charge < -0.3 is 4.42 Å². The van der Waals surface area contributed by atoms with E-state index in [0.717, 1.165) is 25.0 Å². The van der Waals surface area contributed by atoms with Gasteiger partial charge in [-0.3, -0.25) is 11.3 Å². The molecule has 2 unspecified atom stereocenters. The number of hydrogen-bond acceptors (Lipinski definition) is 3. The van der Waals surface area contributed by atoms with Gasteiger partial charge in [0.2, 0.25) is 0 Å². The third kappa shape index (κ3) is 3.55. The van der Waals surface area contributed by atoms with Crippen molar-refractivity contribution in [1.29, 1.82) is 0 Å². The maximum absolute atomic E-state index is 5.77.